The van der Waals surface area contributed by atoms with E-state index in [0.29, 0.717) is 12.5 Å². The van der Waals surface area contributed by atoms with Crippen molar-refractivity contribution in [3.63, 3.8) is 0 Å². The Bertz CT molecular complexity index is 182. The monoisotopic (exact) mass is 191 g/mol. The smallest absolute Gasteiger partial charge is 0.254 e. The van der Waals surface area contributed by atoms with Crippen LogP contribution < -0.4 is 5.32 Å². The van der Waals surface area contributed by atoms with Gasteiger partial charge in [0.15, 0.2) is 0 Å². The molecule has 3 heteroatoms. The average molecular weight is 191 g/mol. The van der Waals surface area contributed by atoms with E-state index in [1.54, 1.807) is 6.92 Å². The molecule has 0 bridgehead atoms. The molecule has 1 aliphatic rings. The molecule has 0 aliphatic heterocycles. The van der Waals surface area contributed by atoms with E-state index in [4.69, 9.17) is 0 Å². The van der Waals surface area contributed by atoms with Crippen LogP contribution in [0.2, 0.25) is 0 Å². The summed E-state index contributed by atoms with van der Waals surface area (Å²) in [5.41, 5.74) is -0.680. The van der Waals surface area contributed by atoms with Gasteiger partial charge in [-0.25, -0.2) is 8.78 Å². The summed E-state index contributed by atoms with van der Waals surface area (Å²) in [6, 6.07) is 0.441. The molecule has 1 nitrogen and oxygen atoms in total. The second-order valence-electron chi connectivity index (χ2n) is 4.52. The minimum absolute atomic E-state index is 0.0912. The second kappa shape index (κ2) is 3.52. The maximum atomic E-state index is 12.8. The maximum absolute atomic E-state index is 12.8. The molecule has 13 heavy (non-hydrogen) atoms. The quantitative estimate of drug-likeness (QED) is 0.704. The summed E-state index contributed by atoms with van der Waals surface area (Å²) in [6.07, 6.45) is 2.64. The highest BCUT2D eigenvalue weighted by molar-refractivity contribution is 5.06. The van der Waals surface area contributed by atoms with E-state index in [0.717, 1.165) is 12.8 Å². The van der Waals surface area contributed by atoms with Gasteiger partial charge in [0.25, 0.3) is 5.92 Å². The summed E-state index contributed by atoms with van der Waals surface area (Å²) in [5, 5.41) is 3.10. The fourth-order valence-corrected chi connectivity index (χ4v) is 1.66. The fraction of sp³-hybridized carbons (Fsp3) is 1.00. The van der Waals surface area contributed by atoms with Crippen molar-refractivity contribution in [3.05, 3.63) is 0 Å². The Labute approximate surface area is 78.9 Å². The van der Waals surface area contributed by atoms with Crippen molar-refractivity contribution < 1.29 is 8.78 Å². The van der Waals surface area contributed by atoms with Gasteiger partial charge in [-0.15, -0.1) is 0 Å². The molecule has 1 aliphatic carbocycles. The van der Waals surface area contributed by atoms with Crippen LogP contribution in [0.15, 0.2) is 0 Å². The standard InChI is InChI=1S/C10H19F2N/c1-8(13-3)5-4-6-9(2)7-10(9,11)12/h8,13H,4-7H2,1-3H3. The summed E-state index contributed by atoms with van der Waals surface area (Å²) < 4.78 is 25.5. The molecule has 2 unspecified atom stereocenters. The molecule has 78 valence electrons. The van der Waals surface area contributed by atoms with Crippen LogP contribution >= 0.6 is 0 Å². The van der Waals surface area contributed by atoms with Gasteiger partial charge in [-0.3, -0.25) is 0 Å². The number of halogens is 2. The first-order valence-corrected chi connectivity index (χ1v) is 4.96. The zero-order valence-corrected chi connectivity index (χ0v) is 8.66. The summed E-state index contributed by atoms with van der Waals surface area (Å²) >= 11 is 0. The van der Waals surface area contributed by atoms with Crippen molar-refractivity contribution in [2.45, 2.75) is 51.5 Å². The van der Waals surface area contributed by atoms with Gasteiger partial charge in [-0.1, -0.05) is 13.3 Å². The predicted molar refractivity (Wildman–Crippen MR) is 50.0 cm³/mol. The molecule has 0 radical (unpaired) electrons. The SMILES string of the molecule is CNC(C)CCCC1(C)CC1(F)F. The van der Waals surface area contributed by atoms with E-state index in [1.165, 1.54) is 0 Å². The van der Waals surface area contributed by atoms with E-state index < -0.39 is 11.3 Å². The summed E-state index contributed by atoms with van der Waals surface area (Å²) in [4.78, 5) is 0. The molecule has 0 heterocycles. The van der Waals surface area contributed by atoms with Crippen molar-refractivity contribution in [1.82, 2.24) is 5.32 Å². The number of hydrogen-bond donors (Lipinski definition) is 1. The third-order valence-corrected chi connectivity index (χ3v) is 3.23. The molecule has 1 N–H and O–H groups in total. The van der Waals surface area contributed by atoms with Crippen molar-refractivity contribution >= 4 is 0 Å². The Morgan fingerprint density at radius 3 is 2.38 bits per heavy atom. The largest absolute Gasteiger partial charge is 0.317 e. The minimum Gasteiger partial charge on any atom is -0.317 e. The highest BCUT2D eigenvalue weighted by atomic mass is 19.3. The van der Waals surface area contributed by atoms with Gasteiger partial charge in [0, 0.05) is 17.9 Å². The lowest BCUT2D eigenvalue weighted by Crippen LogP contribution is -2.21. The third-order valence-electron chi connectivity index (χ3n) is 3.23. The molecular weight excluding hydrogens is 172 g/mol. The first kappa shape index (κ1) is 10.9. The van der Waals surface area contributed by atoms with Gasteiger partial charge in [0.2, 0.25) is 0 Å². The van der Waals surface area contributed by atoms with Gasteiger partial charge in [0.1, 0.15) is 0 Å². The molecular formula is C10H19F2N. The lowest BCUT2D eigenvalue weighted by Gasteiger charge is -2.12. The highest BCUT2D eigenvalue weighted by Crippen LogP contribution is 2.62. The molecule has 2 atom stereocenters. The fourth-order valence-electron chi connectivity index (χ4n) is 1.66. The van der Waals surface area contributed by atoms with Crippen LogP contribution in [0, 0.1) is 5.41 Å². The first-order chi connectivity index (χ1) is 5.91. The van der Waals surface area contributed by atoms with Crippen LogP contribution in [0.4, 0.5) is 8.78 Å². The Kier molecular flexibility index (Phi) is 2.95. The maximum Gasteiger partial charge on any atom is 0.254 e. The van der Waals surface area contributed by atoms with Crippen LogP contribution in [-0.2, 0) is 0 Å². The summed E-state index contributed by atoms with van der Waals surface area (Å²) in [7, 11) is 1.90. The van der Waals surface area contributed by atoms with E-state index in [1.807, 2.05) is 7.05 Å². The summed E-state index contributed by atoms with van der Waals surface area (Å²) in [6.45, 7) is 3.77. The van der Waals surface area contributed by atoms with Crippen LogP contribution in [0.3, 0.4) is 0 Å². The van der Waals surface area contributed by atoms with Gasteiger partial charge in [-0.2, -0.15) is 0 Å². The van der Waals surface area contributed by atoms with E-state index in [9.17, 15) is 8.78 Å². The molecule has 0 aromatic rings. The molecule has 0 aromatic heterocycles. The second-order valence-corrected chi connectivity index (χ2v) is 4.52. The first-order valence-electron chi connectivity index (χ1n) is 4.96. The molecule has 0 amide bonds. The average Bonchev–Trinajstić information content (AvgIpc) is 2.51. The van der Waals surface area contributed by atoms with Gasteiger partial charge >= 0.3 is 0 Å². The minimum atomic E-state index is -2.38. The number of rotatable bonds is 5. The highest BCUT2D eigenvalue weighted by Gasteiger charge is 2.66. The van der Waals surface area contributed by atoms with E-state index >= 15 is 0 Å². The van der Waals surface area contributed by atoms with Crippen LogP contribution in [0.25, 0.3) is 0 Å². The normalized spacial score (nSPS) is 33.0. The zero-order valence-electron chi connectivity index (χ0n) is 8.66. The van der Waals surface area contributed by atoms with Crippen LogP contribution in [0.5, 0.6) is 0 Å². The predicted octanol–water partition coefficient (Wildman–Crippen LogP) is 2.81. The third kappa shape index (κ3) is 2.39. The number of alkyl halides is 2. The van der Waals surface area contributed by atoms with Crippen LogP contribution in [-0.4, -0.2) is 19.0 Å². The molecule has 1 rings (SSSR count). The van der Waals surface area contributed by atoms with Crippen molar-refractivity contribution in [2.24, 2.45) is 5.41 Å². The molecule has 1 saturated carbocycles. The molecule has 0 aromatic carbocycles. The number of nitrogens with one attached hydrogen (secondary N) is 1. The van der Waals surface area contributed by atoms with Crippen LogP contribution in [0.1, 0.15) is 39.5 Å². The Morgan fingerprint density at radius 2 is 2.00 bits per heavy atom. The zero-order chi connectivity index (χ0) is 10.1. The van der Waals surface area contributed by atoms with Crippen molar-refractivity contribution in [1.29, 1.82) is 0 Å². The van der Waals surface area contributed by atoms with E-state index in [-0.39, 0.29) is 6.42 Å². The topological polar surface area (TPSA) is 12.0 Å². The Balaban J connectivity index is 2.15. The van der Waals surface area contributed by atoms with E-state index in [2.05, 4.69) is 12.2 Å². The molecule has 0 saturated heterocycles. The van der Waals surface area contributed by atoms with Gasteiger partial charge in [0.05, 0.1) is 0 Å². The Morgan fingerprint density at radius 1 is 1.46 bits per heavy atom. The molecule has 0 spiro atoms. The lowest BCUT2D eigenvalue weighted by molar-refractivity contribution is 0.0658. The Hall–Kier alpha value is -0.180. The van der Waals surface area contributed by atoms with Crippen molar-refractivity contribution in [3.8, 4) is 0 Å². The number of hydrogen-bond acceptors (Lipinski definition) is 1. The molecule has 1 fully saturated rings. The van der Waals surface area contributed by atoms with Gasteiger partial charge < -0.3 is 5.32 Å². The van der Waals surface area contributed by atoms with Gasteiger partial charge in [-0.05, 0) is 26.8 Å². The summed E-state index contributed by atoms with van der Waals surface area (Å²) in [5.74, 6) is -2.38. The lowest BCUT2D eigenvalue weighted by atomic mass is 9.99. The van der Waals surface area contributed by atoms with Crippen molar-refractivity contribution in [2.75, 3.05) is 7.05 Å².